The van der Waals surface area contributed by atoms with E-state index in [2.05, 4.69) is 47.7 Å². The minimum atomic E-state index is 0.458. The molecule has 0 radical (unpaired) electrons. The van der Waals surface area contributed by atoms with Crippen LogP contribution in [0.25, 0.3) is 0 Å². The molecule has 21 heavy (non-hydrogen) atoms. The fraction of sp³-hybridized carbons (Fsp3) is 0.312. The molecule has 1 heterocycles. The number of benzene rings is 1. The molecule has 2 rings (SSSR count). The second kappa shape index (κ2) is 7.38. The Morgan fingerprint density at radius 1 is 1.14 bits per heavy atom. The number of rotatable bonds is 7. The van der Waals surface area contributed by atoms with Crippen LogP contribution in [0.4, 0.5) is 5.82 Å². The van der Waals surface area contributed by atoms with Gasteiger partial charge in [-0.3, -0.25) is 0 Å². The summed E-state index contributed by atoms with van der Waals surface area (Å²) >= 11 is 0. The van der Waals surface area contributed by atoms with Crippen LogP contribution in [0.2, 0.25) is 0 Å². The van der Waals surface area contributed by atoms with Crippen LogP contribution in [0.3, 0.4) is 0 Å². The lowest BCUT2D eigenvalue weighted by atomic mass is 9.98. The Morgan fingerprint density at radius 3 is 2.48 bits per heavy atom. The SMILES string of the molecule is CCc1cccc(CC)c1COc1cccnc1NN=N. The number of anilines is 1. The highest BCUT2D eigenvalue weighted by atomic mass is 16.5. The number of pyridine rings is 1. The molecule has 0 amide bonds. The predicted molar refractivity (Wildman–Crippen MR) is 82.5 cm³/mol. The van der Waals surface area contributed by atoms with Gasteiger partial charge in [-0.2, -0.15) is 5.53 Å². The van der Waals surface area contributed by atoms with E-state index < -0.39 is 0 Å². The summed E-state index contributed by atoms with van der Waals surface area (Å²) in [7, 11) is 0. The Labute approximate surface area is 124 Å². The molecule has 0 bridgehead atoms. The van der Waals surface area contributed by atoms with Crippen molar-refractivity contribution < 1.29 is 4.74 Å². The van der Waals surface area contributed by atoms with Crippen LogP contribution in [0.15, 0.2) is 41.8 Å². The molecule has 0 saturated heterocycles. The summed E-state index contributed by atoms with van der Waals surface area (Å²) in [5.41, 5.74) is 13.2. The molecule has 0 unspecified atom stereocenters. The van der Waals surface area contributed by atoms with Gasteiger partial charge in [-0.05, 0) is 41.7 Å². The first-order valence-corrected chi connectivity index (χ1v) is 7.10. The van der Waals surface area contributed by atoms with Crippen molar-refractivity contribution in [2.75, 3.05) is 5.43 Å². The maximum atomic E-state index is 6.88. The molecule has 2 N–H and O–H groups in total. The summed E-state index contributed by atoms with van der Waals surface area (Å²) < 4.78 is 5.89. The van der Waals surface area contributed by atoms with Gasteiger partial charge in [0, 0.05) is 6.20 Å². The maximum Gasteiger partial charge on any atom is 0.190 e. The molecule has 5 nitrogen and oxygen atoms in total. The zero-order valence-corrected chi connectivity index (χ0v) is 12.4. The fourth-order valence-electron chi connectivity index (χ4n) is 2.33. The number of hydrogen-bond acceptors (Lipinski definition) is 4. The largest absolute Gasteiger partial charge is 0.485 e. The zero-order chi connectivity index (χ0) is 15.1. The van der Waals surface area contributed by atoms with Gasteiger partial charge in [0.1, 0.15) is 6.61 Å². The highest BCUT2D eigenvalue weighted by Crippen LogP contribution is 2.24. The van der Waals surface area contributed by atoms with E-state index >= 15 is 0 Å². The normalized spacial score (nSPS) is 10.2. The molecule has 1 aromatic heterocycles. The first kappa shape index (κ1) is 15.0. The number of ether oxygens (including phenoxy) is 1. The molecular weight excluding hydrogens is 264 g/mol. The average Bonchev–Trinajstić information content (AvgIpc) is 2.54. The highest BCUT2D eigenvalue weighted by molar-refractivity contribution is 5.48. The van der Waals surface area contributed by atoms with Gasteiger partial charge in [-0.25, -0.2) is 10.4 Å². The Kier molecular flexibility index (Phi) is 5.26. The first-order valence-electron chi connectivity index (χ1n) is 7.10. The summed E-state index contributed by atoms with van der Waals surface area (Å²) in [6.07, 6.45) is 3.59. The van der Waals surface area contributed by atoms with Gasteiger partial charge in [0.2, 0.25) is 0 Å². The van der Waals surface area contributed by atoms with Crippen LogP contribution in [0, 0.1) is 5.53 Å². The molecule has 0 atom stereocenters. The van der Waals surface area contributed by atoms with Crippen molar-refractivity contribution in [3.05, 3.63) is 53.2 Å². The van der Waals surface area contributed by atoms with Crippen molar-refractivity contribution in [2.45, 2.75) is 33.3 Å². The molecule has 0 saturated carbocycles. The molecule has 5 heteroatoms. The zero-order valence-electron chi connectivity index (χ0n) is 12.4. The lowest BCUT2D eigenvalue weighted by Crippen LogP contribution is -2.05. The van der Waals surface area contributed by atoms with Gasteiger partial charge in [-0.15, -0.1) is 0 Å². The summed E-state index contributed by atoms with van der Waals surface area (Å²) in [6.45, 7) is 4.79. The Balaban J connectivity index is 2.22. The molecule has 0 aliphatic carbocycles. The van der Waals surface area contributed by atoms with E-state index in [1.165, 1.54) is 16.7 Å². The quantitative estimate of drug-likeness (QED) is 0.593. The number of hydrogen-bond donors (Lipinski definition) is 2. The third kappa shape index (κ3) is 3.56. The molecule has 2 aromatic rings. The summed E-state index contributed by atoms with van der Waals surface area (Å²) in [5.74, 6) is 1.06. The van der Waals surface area contributed by atoms with Gasteiger partial charge in [0.15, 0.2) is 11.6 Å². The molecular formula is C16H20N4O. The molecule has 0 aliphatic rings. The van der Waals surface area contributed by atoms with Gasteiger partial charge >= 0.3 is 0 Å². The van der Waals surface area contributed by atoms with Crippen molar-refractivity contribution in [1.29, 1.82) is 5.53 Å². The molecule has 0 fully saturated rings. The van der Waals surface area contributed by atoms with E-state index in [0.29, 0.717) is 18.2 Å². The van der Waals surface area contributed by atoms with Crippen molar-refractivity contribution >= 4 is 5.82 Å². The van der Waals surface area contributed by atoms with E-state index in [-0.39, 0.29) is 0 Å². The van der Waals surface area contributed by atoms with Crippen LogP contribution >= 0.6 is 0 Å². The van der Waals surface area contributed by atoms with Gasteiger partial charge in [-0.1, -0.05) is 37.3 Å². The van der Waals surface area contributed by atoms with E-state index in [0.717, 1.165) is 12.8 Å². The number of nitrogens with zero attached hydrogens (tertiary/aromatic N) is 2. The highest BCUT2D eigenvalue weighted by Gasteiger charge is 2.09. The predicted octanol–water partition coefficient (Wildman–Crippen LogP) is 4.14. The summed E-state index contributed by atoms with van der Waals surface area (Å²) in [4.78, 5) is 4.12. The van der Waals surface area contributed by atoms with Crippen LogP contribution in [-0.4, -0.2) is 4.98 Å². The fourth-order valence-corrected chi connectivity index (χ4v) is 2.33. The smallest absolute Gasteiger partial charge is 0.190 e. The molecule has 0 spiro atoms. The van der Waals surface area contributed by atoms with Crippen LogP contribution in [0.1, 0.15) is 30.5 Å². The van der Waals surface area contributed by atoms with E-state index in [1.807, 2.05) is 6.07 Å². The Hall–Kier alpha value is -2.43. The first-order chi connectivity index (χ1) is 10.3. The van der Waals surface area contributed by atoms with Gasteiger partial charge < -0.3 is 4.74 Å². The second-order valence-electron chi connectivity index (χ2n) is 4.62. The van der Waals surface area contributed by atoms with Crippen LogP contribution in [0.5, 0.6) is 5.75 Å². The average molecular weight is 284 g/mol. The van der Waals surface area contributed by atoms with E-state index in [1.54, 1.807) is 12.3 Å². The van der Waals surface area contributed by atoms with Crippen molar-refractivity contribution in [3.8, 4) is 5.75 Å². The van der Waals surface area contributed by atoms with Crippen molar-refractivity contribution in [3.63, 3.8) is 0 Å². The van der Waals surface area contributed by atoms with Crippen LogP contribution < -0.4 is 10.2 Å². The minimum absolute atomic E-state index is 0.458. The number of nitrogens with one attached hydrogen (secondary N) is 2. The number of aryl methyl sites for hydroxylation is 2. The molecule has 0 aliphatic heterocycles. The Morgan fingerprint density at radius 2 is 1.86 bits per heavy atom. The minimum Gasteiger partial charge on any atom is -0.485 e. The van der Waals surface area contributed by atoms with E-state index in [4.69, 9.17) is 10.3 Å². The maximum absolute atomic E-state index is 6.88. The van der Waals surface area contributed by atoms with Crippen molar-refractivity contribution in [2.24, 2.45) is 5.22 Å². The third-order valence-electron chi connectivity index (χ3n) is 3.44. The topological polar surface area (TPSA) is 70.4 Å². The lowest BCUT2D eigenvalue weighted by molar-refractivity contribution is 0.304. The summed E-state index contributed by atoms with van der Waals surface area (Å²) in [6, 6.07) is 9.99. The third-order valence-corrected chi connectivity index (χ3v) is 3.44. The van der Waals surface area contributed by atoms with Crippen LogP contribution in [-0.2, 0) is 19.4 Å². The second-order valence-corrected chi connectivity index (χ2v) is 4.62. The molecule has 110 valence electrons. The molecule has 1 aromatic carbocycles. The monoisotopic (exact) mass is 284 g/mol. The summed E-state index contributed by atoms with van der Waals surface area (Å²) in [5, 5.41) is 3.15. The van der Waals surface area contributed by atoms with Gasteiger partial charge in [0.25, 0.3) is 0 Å². The van der Waals surface area contributed by atoms with Crippen molar-refractivity contribution in [1.82, 2.24) is 4.98 Å². The lowest BCUT2D eigenvalue weighted by Gasteiger charge is -2.15. The number of aromatic nitrogens is 1. The van der Waals surface area contributed by atoms with E-state index in [9.17, 15) is 0 Å². The Bertz CT molecular complexity index is 591. The van der Waals surface area contributed by atoms with Gasteiger partial charge in [0.05, 0.1) is 0 Å². The standard InChI is InChI=1S/C16H20N4O/c1-3-12-7-5-8-13(4-2)14(12)11-21-15-9-6-10-18-16(15)19-20-17/h5-10H,3-4,11H2,1-2H3,(H2,17,18,19).